The molecule has 3 aromatic carbocycles. The van der Waals surface area contributed by atoms with Crippen molar-refractivity contribution in [1.82, 2.24) is 0 Å². The first-order valence-corrected chi connectivity index (χ1v) is 12.4. The second-order valence-electron chi connectivity index (χ2n) is 8.26. The van der Waals surface area contributed by atoms with E-state index in [2.05, 4.69) is 16.1 Å². The molecule has 1 N–H and O–H groups in total. The van der Waals surface area contributed by atoms with Crippen LogP contribution in [0.1, 0.15) is 36.7 Å². The Labute approximate surface area is 219 Å². The third-order valence-electron chi connectivity index (χ3n) is 5.86. The van der Waals surface area contributed by atoms with Crippen LogP contribution in [-0.4, -0.2) is 18.2 Å². The lowest BCUT2D eigenvalue weighted by atomic mass is 10.1. The highest BCUT2D eigenvalue weighted by molar-refractivity contribution is 7.10. The quantitative estimate of drug-likeness (QED) is 0.294. The van der Waals surface area contributed by atoms with Gasteiger partial charge in [0.1, 0.15) is 5.75 Å². The fraction of sp³-hybridized carbons (Fsp3) is 0.111. The van der Waals surface area contributed by atoms with Crippen molar-refractivity contribution in [1.29, 1.82) is 0 Å². The minimum absolute atomic E-state index is 0.0933. The van der Waals surface area contributed by atoms with Crippen molar-refractivity contribution in [2.45, 2.75) is 19.3 Å². The molecule has 1 aromatic heterocycles. The third kappa shape index (κ3) is 5.33. The van der Waals surface area contributed by atoms with Crippen LogP contribution in [0.5, 0.6) is 5.75 Å². The molecule has 0 radical (unpaired) electrons. The summed E-state index contributed by atoms with van der Waals surface area (Å²) >= 11 is 8.06. The minimum atomic E-state index is -4.95. The van der Waals surface area contributed by atoms with Crippen molar-refractivity contribution in [3.8, 4) is 5.75 Å². The smallest absolute Gasteiger partial charge is 0.405 e. The molecule has 37 heavy (non-hydrogen) atoms. The first-order valence-electron chi connectivity index (χ1n) is 11.1. The third-order valence-corrected chi connectivity index (χ3v) is 7.12. The normalized spacial score (nSPS) is 12.8. The van der Waals surface area contributed by atoms with E-state index in [1.807, 2.05) is 29.6 Å². The van der Waals surface area contributed by atoms with E-state index in [1.165, 1.54) is 42.0 Å². The number of carbonyl (C=O) groups excluding carboxylic acids is 2. The number of halogens is 4. The van der Waals surface area contributed by atoms with Gasteiger partial charge in [-0.25, -0.2) is 0 Å². The Kier molecular flexibility index (Phi) is 6.66. The second kappa shape index (κ2) is 9.91. The van der Waals surface area contributed by atoms with Crippen LogP contribution in [0, 0.1) is 0 Å². The Morgan fingerprint density at radius 1 is 0.946 bits per heavy atom. The van der Waals surface area contributed by atoms with Crippen molar-refractivity contribution in [3.63, 3.8) is 0 Å². The van der Waals surface area contributed by atoms with Gasteiger partial charge in [-0.1, -0.05) is 41.9 Å². The number of hydrogen-bond donors (Lipinski definition) is 1. The molecule has 0 saturated heterocycles. The summed E-state index contributed by atoms with van der Waals surface area (Å²) in [6, 6.07) is 19.1. The van der Waals surface area contributed by atoms with Gasteiger partial charge in [0.15, 0.2) is 0 Å². The maximum Gasteiger partial charge on any atom is 0.573 e. The number of ether oxygens (including phenoxy) is 1. The number of nitrogens with zero attached hydrogens (tertiary/aromatic N) is 1. The van der Waals surface area contributed by atoms with E-state index in [0.29, 0.717) is 6.54 Å². The molecular weight excluding hydrogens is 525 g/mol. The summed E-state index contributed by atoms with van der Waals surface area (Å²) in [7, 11) is 0. The van der Waals surface area contributed by atoms with E-state index >= 15 is 0 Å². The Hall–Kier alpha value is -3.82. The highest BCUT2D eigenvalue weighted by Gasteiger charge is 2.33. The van der Waals surface area contributed by atoms with Crippen LogP contribution in [0.3, 0.4) is 0 Å². The van der Waals surface area contributed by atoms with Gasteiger partial charge in [-0.05, 0) is 59.0 Å². The van der Waals surface area contributed by atoms with Gasteiger partial charge in [0, 0.05) is 22.7 Å². The van der Waals surface area contributed by atoms with Crippen molar-refractivity contribution in [2.75, 3.05) is 10.2 Å². The van der Waals surface area contributed by atoms with E-state index < -0.39 is 18.0 Å². The van der Waals surface area contributed by atoms with Gasteiger partial charge in [-0.15, -0.1) is 24.5 Å². The van der Waals surface area contributed by atoms with Crippen LogP contribution >= 0.6 is 22.9 Å². The number of nitrogens with one attached hydrogen (secondary N) is 1. The molecular formula is C27H18ClF3N2O3S. The molecule has 0 fully saturated rings. The molecule has 2 amide bonds. The summed E-state index contributed by atoms with van der Waals surface area (Å²) in [5, 5.41) is 4.61. The van der Waals surface area contributed by atoms with Gasteiger partial charge in [-0.3, -0.25) is 9.59 Å². The van der Waals surface area contributed by atoms with Gasteiger partial charge in [0.05, 0.1) is 22.7 Å². The maximum atomic E-state index is 13.6. The van der Waals surface area contributed by atoms with Crippen molar-refractivity contribution in [2.24, 2.45) is 0 Å². The number of alkyl halides is 3. The molecule has 0 bridgehead atoms. The SMILES string of the molecule is O=C(Nc1ccc(C(=O)N2Cc3sccc3Cc3ccccc32)c(Cl)c1)c1ccccc1OC(F)(F)F. The number of amides is 2. The Balaban J connectivity index is 1.40. The number of carbonyl (C=O) groups is 2. The van der Waals surface area contributed by atoms with E-state index in [4.69, 9.17) is 11.6 Å². The topological polar surface area (TPSA) is 58.6 Å². The zero-order valence-corrected chi connectivity index (χ0v) is 20.6. The molecule has 5 rings (SSSR count). The number of anilines is 2. The summed E-state index contributed by atoms with van der Waals surface area (Å²) in [4.78, 5) is 29.1. The summed E-state index contributed by atoms with van der Waals surface area (Å²) < 4.78 is 42.1. The number of thiophene rings is 1. The minimum Gasteiger partial charge on any atom is -0.405 e. The fourth-order valence-electron chi connectivity index (χ4n) is 4.18. The molecule has 0 unspecified atom stereocenters. The summed E-state index contributed by atoms with van der Waals surface area (Å²) in [6.45, 7) is 0.396. The predicted molar refractivity (Wildman–Crippen MR) is 137 cm³/mol. The first kappa shape index (κ1) is 24.9. The molecule has 0 aliphatic carbocycles. The lowest BCUT2D eigenvalue weighted by Gasteiger charge is -2.23. The first-order chi connectivity index (χ1) is 17.7. The molecule has 10 heteroatoms. The van der Waals surface area contributed by atoms with Crippen molar-refractivity contribution < 1.29 is 27.5 Å². The predicted octanol–water partition coefficient (Wildman–Crippen LogP) is 7.30. The second-order valence-corrected chi connectivity index (χ2v) is 9.67. The molecule has 188 valence electrons. The molecule has 0 saturated carbocycles. The van der Waals surface area contributed by atoms with E-state index in [1.54, 1.807) is 16.2 Å². The lowest BCUT2D eigenvalue weighted by molar-refractivity contribution is -0.274. The lowest BCUT2D eigenvalue weighted by Crippen LogP contribution is -2.30. The molecule has 1 aliphatic rings. The summed E-state index contributed by atoms with van der Waals surface area (Å²) in [5.74, 6) is -1.75. The van der Waals surface area contributed by atoms with E-state index in [0.717, 1.165) is 28.6 Å². The molecule has 0 spiro atoms. The highest BCUT2D eigenvalue weighted by atomic mass is 35.5. The van der Waals surface area contributed by atoms with Crippen LogP contribution in [0.2, 0.25) is 5.02 Å². The Morgan fingerprint density at radius 3 is 2.49 bits per heavy atom. The van der Waals surface area contributed by atoms with Gasteiger partial charge in [0.2, 0.25) is 0 Å². The van der Waals surface area contributed by atoms with Gasteiger partial charge in [0.25, 0.3) is 11.8 Å². The number of hydrogen-bond acceptors (Lipinski definition) is 4. The van der Waals surface area contributed by atoms with Crippen LogP contribution in [-0.2, 0) is 13.0 Å². The van der Waals surface area contributed by atoms with Crippen molar-refractivity contribution >= 4 is 46.1 Å². The fourth-order valence-corrected chi connectivity index (χ4v) is 5.33. The number of para-hydroxylation sites is 2. The number of benzene rings is 3. The van der Waals surface area contributed by atoms with E-state index in [9.17, 15) is 22.8 Å². The Bertz CT molecular complexity index is 1500. The standard InChI is InChI=1S/C27H18ClF3N2O3S/c28-21-14-18(32-25(34)20-6-2-4-8-23(20)36-27(29,30)31)9-10-19(21)26(35)33-15-24-17(11-12-37-24)13-16-5-1-3-7-22(16)33/h1-12,14H,13,15H2,(H,32,34). The molecule has 4 aromatic rings. The summed E-state index contributed by atoms with van der Waals surface area (Å²) in [6.07, 6.45) is -4.23. The monoisotopic (exact) mass is 542 g/mol. The Morgan fingerprint density at radius 2 is 1.70 bits per heavy atom. The molecule has 5 nitrogen and oxygen atoms in total. The zero-order chi connectivity index (χ0) is 26.2. The average Bonchev–Trinajstić information content (AvgIpc) is 3.22. The van der Waals surface area contributed by atoms with Crippen LogP contribution < -0.4 is 15.0 Å². The molecule has 2 heterocycles. The zero-order valence-electron chi connectivity index (χ0n) is 19.0. The van der Waals surface area contributed by atoms with Gasteiger partial charge < -0.3 is 15.0 Å². The van der Waals surface area contributed by atoms with E-state index in [-0.39, 0.29) is 27.7 Å². The van der Waals surface area contributed by atoms with Gasteiger partial charge >= 0.3 is 6.36 Å². The molecule has 0 atom stereocenters. The largest absolute Gasteiger partial charge is 0.573 e. The molecule has 1 aliphatic heterocycles. The van der Waals surface area contributed by atoms with Gasteiger partial charge in [-0.2, -0.15) is 0 Å². The van der Waals surface area contributed by atoms with Crippen molar-refractivity contribution in [3.05, 3.63) is 110 Å². The summed E-state index contributed by atoms with van der Waals surface area (Å²) in [5.41, 5.74) is 3.13. The van der Waals surface area contributed by atoms with Crippen LogP contribution in [0.4, 0.5) is 24.5 Å². The maximum absolute atomic E-state index is 13.6. The number of fused-ring (bicyclic) bond motifs is 2. The van der Waals surface area contributed by atoms with Crippen LogP contribution in [0.15, 0.2) is 78.2 Å². The number of rotatable bonds is 4. The van der Waals surface area contributed by atoms with Crippen LogP contribution in [0.25, 0.3) is 0 Å². The average molecular weight is 543 g/mol. The highest BCUT2D eigenvalue weighted by Crippen LogP contribution is 2.35.